The van der Waals surface area contributed by atoms with E-state index in [2.05, 4.69) is 15.0 Å². The Morgan fingerprint density at radius 3 is 2.53 bits per heavy atom. The van der Waals surface area contributed by atoms with Crippen LogP contribution in [0.1, 0.15) is 29.3 Å². The standard InChI is InChI=1S/C24H25N5O4S/c1-17-6-10-23(11-7-17)34(32,33)25-15-21-16-29(28-26-21)22(14-24(30)27-31)13-18-8-9-19-4-2-3-5-20(19)12-18/h2-12,16,22,25,31H,13-15H2,1H3,(H,27,30). The van der Waals surface area contributed by atoms with Crippen LogP contribution in [0.2, 0.25) is 0 Å². The number of sulfonamides is 1. The van der Waals surface area contributed by atoms with E-state index in [1.165, 1.54) is 4.68 Å². The van der Waals surface area contributed by atoms with E-state index >= 15 is 0 Å². The number of nitrogens with one attached hydrogen (secondary N) is 2. The van der Waals surface area contributed by atoms with Crippen molar-refractivity contribution in [2.75, 3.05) is 0 Å². The zero-order valence-corrected chi connectivity index (χ0v) is 19.4. The van der Waals surface area contributed by atoms with E-state index in [0.29, 0.717) is 12.1 Å². The Morgan fingerprint density at radius 1 is 1.06 bits per heavy atom. The third-order valence-corrected chi connectivity index (χ3v) is 6.95. The maximum atomic E-state index is 12.5. The van der Waals surface area contributed by atoms with E-state index in [4.69, 9.17) is 5.21 Å². The summed E-state index contributed by atoms with van der Waals surface area (Å²) in [4.78, 5) is 12.1. The highest BCUT2D eigenvalue weighted by molar-refractivity contribution is 7.89. The SMILES string of the molecule is Cc1ccc(S(=O)(=O)NCc2cn(C(CC(=O)NO)Cc3ccc4ccccc4c3)nn2)cc1. The predicted molar refractivity (Wildman–Crippen MR) is 126 cm³/mol. The molecule has 1 atom stereocenters. The van der Waals surface area contributed by atoms with Crippen LogP contribution in [0.4, 0.5) is 0 Å². The van der Waals surface area contributed by atoms with Crippen molar-refractivity contribution in [3.8, 4) is 0 Å². The summed E-state index contributed by atoms with van der Waals surface area (Å²) < 4.78 is 29.1. The number of amides is 1. The van der Waals surface area contributed by atoms with Crippen LogP contribution in [0, 0.1) is 6.92 Å². The summed E-state index contributed by atoms with van der Waals surface area (Å²) in [5.74, 6) is -0.553. The first kappa shape index (κ1) is 23.6. The van der Waals surface area contributed by atoms with E-state index in [1.807, 2.05) is 49.4 Å². The predicted octanol–water partition coefficient (Wildman–Crippen LogP) is 2.90. The average Bonchev–Trinajstić information content (AvgIpc) is 3.32. The van der Waals surface area contributed by atoms with Crippen LogP contribution in [-0.2, 0) is 27.8 Å². The lowest BCUT2D eigenvalue weighted by molar-refractivity contribution is -0.130. The summed E-state index contributed by atoms with van der Waals surface area (Å²) in [5, 5.41) is 19.4. The van der Waals surface area contributed by atoms with Crippen LogP contribution in [0.25, 0.3) is 10.8 Å². The van der Waals surface area contributed by atoms with E-state index in [1.54, 1.807) is 35.9 Å². The molecule has 0 radical (unpaired) electrons. The molecule has 9 nitrogen and oxygen atoms in total. The second-order valence-electron chi connectivity index (χ2n) is 8.11. The Hall–Kier alpha value is -3.60. The van der Waals surface area contributed by atoms with Crippen LogP contribution in [0.5, 0.6) is 0 Å². The Bertz CT molecular complexity index is 1400. The van der Waals surface area contributed by atoms with Crippen molar-refractivity contribution in [1.82, 2.24) is 25.2 Å². The van der Waals surface area contributed by atoms with Gasteiger partial charge in [-0.3, -0.25) is 10.0 Å². The lowest BCUT2D eigenvalue weighted by Gasteiger charge is -2.16. The van der Waals surface area contributed by atoms with Gasteiger partial charge in [-0.1, -0.05) is 65.4 Å². The van der Waals surface area contributed by atoms with Crippen molar-refractivity contribution >= 4 is 26.7 Å². The molecular formula is C24H25N5O4S. The van der Waals surface area contributed by atoms with Crippen LogP contribution in [0.15, 0.2) is 77.8 Å². The minimum Gasteiger partial charge on any atom is -0.289 e. The van der Waals surface area contributed by atoms with Gasteiger partial charge in [-0.25, -0.2) is 23.3 Å². The summed E-state index contributed by atoms with van der Waals surface area (Å²) >= 11 is 0. The molecule has 1 amide bonds. The molecule has 0 aliphatic rings. The molecule has 176 valence electrons. The topological polar surface area (TPSA) is 126 Å². The first-order valence-electron chi connectivity index (χ1n) is 10.7. The van der Waals surface area contributed by atoms with E-state index in [9.17, 15) is 13.2 Å². The van der Waals surface area contributed by atoms with Gasteiger partial charge in [0.2, 0.25) is 15.9 Å². The van der Waals surface area contributed by atoms with Crippen molar-refractivity contribution in [3.05, 3.63) is 89.7 Å². The quantitative estimate of drug-likeness (QED) is 0.250. The number of hydrogen-bond acceptors (Lipinski definition) is 6. The average molecular weight is 480 g/mol. The van der Waals surface area contributed by atoms with Gasteiger partial charge in [0.05, 0.1) is 35.8 Å². The molecule has 4 aromatic rings. The van der Waals surface area contributed by atoms with Gasteiger partial charge < -0.3 is 0 Å². The largest absolute Gasteiger partial charge is 0.289 e. The number of nitrogens with zero attached hydrogens (tertiary/aromatic N) is 3. The maximum absolute atomic E-state index is 12.5. The molecule has 0 aliphatic heterocycles. The highest BCUT2D eigenvalue weighted by Crippen LogP contribution is 2.22. The molecule has 4 rings (SSSR count). The van der Waals surface area contributed by atoms with Crippen molar-refractivity contribution in [2.45, 2.75) is 37.2 Å². The minimum absolute atomic E-state index is 0.0266. The summed E-state index contributed by atoms with van der Waals surface area (Å²) in [6.45, 7) is 1.83. The van der Waals surface area contributed by atoms with Gasteiger partial charge in [0.25, 0.3) is 0 Å². The van der Waals surface area contributed by atoms with Gasteiger partial charge in [-0.15, -0.1) is 5.10 Å². The number of benzene rings is 3. The maximum Gasteiger partial charge on any atom is 0.245 e. The van der Waals surface area contributed by atoms with E-state index in [-0.39, 0.29) is 17.9 Å². The van der Waals surface area contributed by atoms with Crippen molar-refractivity contribution < 1.29 is 18.4 Å². The highest BCUT2D eigenvalue weighted by atomic mass is 32.2. The molecule has 1 unspecified atom stereocenters. The molecule has 0 saturated heterocycles. The van der Waals surface area contributed by atoms with Gasteiger partial charge in [0, 0.05) is 0 Å². The number of fused-ring (bicyclic) bond motifs is 1. The second-order valence-corrected chi connectivity index (χ2v) is 9.87. The van der Waals surface area contributed by atoms with Crippen LogP contribution >= 0.6 is 0 Å². The van der Waals surface area contributed by atoms with E-state index in [0.717, 1.165) is 21.9 Å². The first-order valence-corrected chi connectivity index (χ1v) is 12.2. The lowest BCUT2D eigenvalue weighted by Crippen LogP contribution is -2.25. The highest BCUT2D eigenvalue weighted by Gasteiger charge is 2.20. The zero-order valence-electron chi connectivity index (χ0n) is 18.5. The molecular weight excluding hydrogens is 454 g/mol. The van der Waals surface area contributed by atoms with Crippen molar-refractivity contribution in [2.24, 2.45) is 0 Å². The van der Waals surface area contributed by atoms with Gasteiger partial charge in [-0.05, 0) is 41.8 Å². The molecule has 0 saturated carbocycles. The van der Waals surface area contributed by atoms with Crippen molar-refractivity contribution in [1.29, 1.82) is 0 Å². The van der Waals surface area contributed by atoms with Crippen LogP contribution in [-0.4, -0.2) is 34.5 Å². The number of rotatable bonds is 9. The summed E-state index contributed by atoms with van der Waals surface area (Å²) in [6, 6.07) is 20.1. The van der Waals surface area contributed by atoms with Gasteiger partial charge in [-0.2, -0.15) is 0 Å². The normalized spacial score (nSPS) is 12.5. The molecule has 0 bridgehead atoms. The van der Waals surface area contributed by atoms with E-state index < -0.39 is 22.0 Å². The Morgan fingerprint density at radius 2 is 1.79 bits per heavy atom. The monoisotopic (exact) mass is 479 g/mol. The third kappa shape index (κ3) is 5.66. The number of hydrogen-bond donors (Lipinski definition) is 3. The summed E-state index contributed by atoms with van der Waals surface area (Å²) in [6.07, 6.45) is 2.05. The molecule has 3 N–H and O–H groups in total. The van der Waals surface area contributed by atoms with Gasteiger partial charge in [0.15, 0.2) is 0 Å². The summed E-state index contributed by atoms with van der Waals surface area (Å²) in [7, 11) is -3.70. The first-order chi connectivity index (χ1) is 16.3. The molecule has 0 spiro atoms. The fourth-order valence-electron chi connectivity index (χ4n) is 3.70. The molecule has 10 heteroatoms. The summed E-state index contributed by atoms with van der Waals surface area (Å²) in [5.41, 5.74) is 4.02. The zero-order chi connectivity index (χ0) is 24.1. The molecule has 0 aliphatic carbocycles. The fourth-order valence-corrected chi connectivity index (χ4v) is 4.70. The Labute approximate surface area is 197 Å². The lowest BCUT2D eigenvalue weighted by atomic mass is 10.00. The molecule has 1 heterocycles. The number of carbonyl (C=O) groups is 1. The van der Waals surface area contributed by atoms with Gasteiger partial charge in [0.1, 0.15) is 0 Å². The number of aryl methyl sites for hydroxylation is 1. The van der Waals surface area contributed by atoms with Crippen LogP contribution < -0.4 is 10.2 Å². The number of carbonyl (C=O) groups excluding carboxylic acids is 1. The third-order valence-electron chi connectivity index (χ3n) is 5.54. The molecule has 3 aromatic carbocycles. The smallest absolute Gasteiger partial charge is 0.245 e. The number of aromatic nitrogens is 3. The fraction of sp³-hybridized carbons (Fsp3) is 0.208. The molecule has 1 aromatic heterocycles. The van der Waals surface area contributed by atoms with Crippen LogP contribution in [0.3, 0.4) is 0 Å². The molecule has 0 fully saturated rings. The molecule has 34 heavy (non-hydrogen) atoms. The Balaban J connectivity index is 1.50. The van der Waals surface area contributed by atoms with Gasteiger partial charge >= 0.3 is 0 Å². The minimum atomic E-state index is -3.70. The van der Waals surface area contributed by atoms with Crippen molar-refractivity contribution in [3.63, 3.8) is 0 Å². The Kier molecular flexibility index (Phi) is 7.01. The number of hydroxylamine groups is 1. The second kappa shape index (κ2) is 10.1.